The first-order valence-electron chi connectivity index (χ1n) is 8.54. The van der Waals surface area contributed by atoms with E-state index < -0.39 is 0 Å². The van der Waals surface area contributed by atoms with Crippen LogP contribution in [0, 0.1) is 20.8 Å². The van der Waals surface area contributed by atoms with E-state index in [1.54, 1.807) is 11.8 Å². The highest BCUT2D eigenvalue weighted by Crippen LogP contribution is 2.26. The van der Waals surface area contributed by atoms with Crippen LogP contribution in [0.2, 0.25) is 0 Å². The Labute approximate surface area is 139 Å². The summed E-state index contributed by atoms with van der Waals surface area (Å²) >= 11 is 0. The van der Waals surface area contributed by atoms with Crippen LogP contribution in [-0.4, -0.2) is 24.4 Å². The molecule has 0 saturated heterocycles. The van der Waals surface area contributed by atoms with E-state index >= 15 is 0 Å². The number of anilines is 1. The molecule has 1 N–H and O–H groups in total. The highest BCUT2D eigenvalue weighted by molar-refractivity contribution is 5.94. The van der Waals surface area contributed by atoms with Crippen LogP contribution in [0.3, 0.4) is 0 Å². The van der Waals surface area contributed by atoms with Crippen LogP contribution in [0.15, 0.2) is 12.1 Å². The topological polar surface area (TPSA) is 49.4 Å². The molecule has 1 aliphatic carbocycles. The second-order valence-electron chi connectivity index (χ2n) is 6.72. The zero-order valence-corrected chi connectivity index (χ0v) is 14.7. The van der Waals surface area contributed by atoms with Gasteiger partial charge in [-0.2, -0.15) is 0 Å². The van der Waals surface area contributed by atoms with Gasteiger partial charge in [0.2, 0.25) is 11.8 Å². The van der Waals surface area contributed by atoms with Crippen molar-refractivity contribution in [2.24, 2.45) is 0 Å². The predicted molar refractivity (Wildman–Crippen MR) is 93.7 cm³/mol. The summed E-state index contributed by atoms with van der Waals surface area (Å²) in [6.07, 6.45) is 4.91. The Kier molecular flexibility index (Phi) is 5.80. The fourth-order valence-corrected chi connectivity index (χ4v) is 3.61. The third-order valence-electron chi connectivity index (χ3n) is 4.57. The quantitative estimate of drug-likeness (QED) is 0.905. The molecule has 0 unspecified atom stereocenters. The maximum atomic E-state index is 12.1. The molecule has 0 radical (unpaired) electrons. The van der Waals surface area contributed by atoms with Gasteiger partial charge < -0.3 is 10.2 Å². The Hall–Kier alpha value is -1.84. The number of amides is 2. The SMILES string of the molecule is CC(=O)N(CCC(=O)NC1CCCC1)c1c(C)cc(C)cc1C. The van der Waals surface area contributed by atoms with E-state index in [1.807, 2.05) is 13.8 Å². The molecule has 2 amide bonds. The molecule has 0 bridgehead atoms. The lowest BCUT2D eigenvalue weighted by Gasteiger charge is -2.25. The number of hydrogen-bond donors (Lipinski definition) is 1. The summed E-state index contributed by atoms with van der Waals surface area (Å²) in [5.74, 6) is 0.0271. The molecule has 126 valence electrons. The second kappa shape index (κ2) is 7.62. The van der Waals surface area contributed by atoms with Crippen molar-refractivity contribution >= 4 is 17.5 Å². The normalized spacial score (nSPS) is 14.8. The molecular formula is C19H28N2O2. The van der Waals surface area contributed by atoms with Gasteiger partial charge in [-0.3, -0.25) is 9.59 Å². The molecule has 0 atom stereocenters. The van der Waals surface area contributed by atoms with E-state index in [2.05, 4.69) is 24.4 Å². The fourth-order valence-electron chi connectivity index (χ4n) is 3.61. The molecule has 23 heavy (non-hydrogen) atoms. The molecule has 1 saturated carbocycles. The predicted octanol–water partition coefficient (Wildman–Crippen LogP) is 3.41. The van der Waals surface area contributed by atoms with Gasteiger partial charge in [-0.25, -0.2) is 0 Å². The van der Waals surface area contributed by atoms with Crippen LogP contribution < -0.4 is 10.2 Å². The molecule has 0 aromatic heterocycles. The number of nitrogens with one attached hydrogen (secondary N) is 1. The van der Waals surface area contributed by atoms with E-state index in [1.165, 1.54) is 18.4 Å². The summed E-state index contributed by atoms with van der Waals surface area (Å²) in [5, 5.41) is 3.09. The maximum absolute atomic E-state index is 12.1. The zero-order chi connectivity index (χ0) is 17.0. The largest absolute Gasteiger partial charge is 0.353 e. The monoisotopic (exact) mass is 316 g/mol. The van der Waals surface area contributed by atoms with Gasteiger partial charge in [0.05, 0.1) is 0 Å². The van der Waals surface area contributed by atoms with Crippen molar-refractivity contribution in [2.45, 2.75) is 65.8 Å². The first-order valence-corrected chi connectivity index (χ1v) is 8.54. The Balaban J connectivity index is 2.04. The molecule has 1 aromatic carbocycles. The van der Waals surface area contributed by atoms with Gasteiger partial charge >= 0.3 is 0 Å². The van der Waals surface area contributed by atoms with Crippen LogP contribution in [0.5, 0.6) is 0 Å². The van der Waals surface area contributed by atoms with Gasteiger partial charge in [0, 0.05) is 31.6 Å². The zero-order valence-electron chi connectivity index (χ0n) is 14.7. The lowest BCUT2D eigenvalue weighted by molar-refractivity contribution is -0.121. The highest BCUT2D eigenvalue weighted by atomic mass is 16.2. The summed E-state index contributed by atoms with van der Waals surface area (Å²) in [6, 6.07) is 4.49. The fraction of sp³-hybridized carbons (Fsp3) is 0.579. The number of aryl methyl sites for hydroxylation is 3. The highest BCUT2D eigenvalue weighted by Gasteiger charge is 2.20. The molecule has 1 fully saturated rings. The van der Waals surface area contributed by atoms with Gasteiger partial charge in [0.25, 0.3) is 0 Å². The third kappa shape index (κ3) is 4.57. The van der Waals surface area contributed by atoms with E-state index in [9.17, 15) is 9.59 Å². The molecule has 1 aliphatic rings. The molecular weight excluding hydrogens is 288 g/mol. The minimum Gasteiger partial charge on any atom is -0.353 e. The van der Waals surface area contributed by atoms with Crippen molar-refractivity contribution in [2.75, 3.05) is 11.4 Å². The van der Waals surface area contributed by atoms with Crippen LogP contribution in [-0.2, 0) is 9.59 Å². The smallest absolute Gasteiger partial charge is 0.223 e. The van der Waals surface area contributed by atoms with Crippen molar-refractivity contribution in [1.82, 2.24) is 5.32 Å². The number of hydrogen-bond acceptors (Lipinski definition) is 2. The number of carbonyl (C=O) groups excluding carboxylic acids is 2. The van der Waals surface area contributed by atoms with Crippen LogP contribution >= 0.6 is 0 Å². The summed E-state index contributed by atoms with van der Waals surface area (Å²) in [7, 11) is 0. The van der Waals surface area contributed by atoms with Crippen molar-refractivity contribution < 1.29 is 9.59 Å². The lowest BCUT2D eigenvalue weighted by Crippen LogP contribution is -2.37. The standard InChI is InChI=1S/C19H28N2O2/c1-13-11-14(2)19(15(3)12-13)21(16(4)22)10-9-18(23)20-17-7-5-6-8-17/h11-12,17H,5-10H2,1-4H3,(H,20,23). The first-order chi connectivity index (χ1) is 10.9. The molecule has 0 heterocycles. The number of rotatable bonds is 5. The number of benzene rings is 1. The van der Waals surface area contributed by atoms with Crippen molar-refractivity contribution in [3.05, 3.63) is 28.8 Å². The van der Waals surface area contributed by atoms with Gasteiger partial charge in [-0.05, 0) is 44.7 Å². The summed E-state index contributed by atoms with van der Waals surface area (Å²) in [6.45, 7) is 8.08. The average Bonchev–Trinajstić information content (AvgIpc) is 2.93. The van der Waals surface area contributed by atoms with E-state index in [0.717, 1.165) is 29.7 Å². The number of nitrogens with zero attached hydrogens (tertiary/aromatic N) is 1. The second-order valence-corrected chi connectivity index (χ2v) is 6.72. The van der Waals surface area contributed by atoms with Gasteiger partial charge in [0.1, 0.15) is 0 Å². The molecule has 2 rings (SSSR count). The van der Waals surface area contributed by atoms with Crippen LogP contribution in [0.1, 0.15) is 55.7 Å². The van der Waals surface area contributed by atoms with E-state index in [4.69, 9.17) is 0 Å². The van der Waals surface area contributed by atoms with Crippen molar-refractivity contribution in [3.8, 4) is 0 Å². The molecule has 4 heteroatoms. The van der Waals surface area contributed by atoms with Crippen LogP contribution in [0.25, 0.3) is 0 Å². The Morgan fingerprint density at radius 3 is 2.22 bits per heavy atom. The molecule has 1 aromatic rings. The minimum atomic E-state index is -0.0197. The molecule has 4 nitrogen and oxygen atoms in total. The van der Waals surface area contributed by atoms with Gasteiger partial charge in [-0.1, -0.05) is 30.5 Å². The van der Waals surface area contributed by atoms with Crippen molar-refractivity contribution in [3.63, 3.8) is 0 Å². The van der Waals surface area contributed by atoms with E-state index in [-0.39, 0.29) is 11.8 Å². The lowest BCUT2D eigenvalue weighted by atomic mass is 10.0. The van der Waals surface area contributed by atoms with Gasteiger partial charge in [-0.15, -0.1) is 0 Å². The Morgan fingerprint density at radius 1 is 1.13 bits per heavy atom. The first kappa shape index (κ1) is 17.5. The third-order valence-corrected chi connectivity index (χ3v) is 4.57. The minimum absolute atomic E-state index is 0.0197. The average molecular weight is 316 g/mol. The van der Waals surface area contributed by atoms with Gasteiger partial charge in [0.15, 0.2) is 0 Å². The maximum Gasteiger partial charge on any atom is 0.223 e. The molecule has 0 aliphatic heterocycles. The Bertz CT molecular complexity index is 566. The van der Waals surface area contributed by atoms with Crippen LogP contribution in [0.4, 0.5) is 5.69 Å². The van der Waals surface area contributed by atoms with Crippen molar-refractivity contribution in [1.29, 1.82) is 0 Å². The summed E-state index contributed by atoms with van der Waals surface area (Å²) < 4.78 is 0. The summed E-state index contributed by atoms with van der Waals surface area (Å²) in [5.41, 5.74) is 4.28. The Morgan fingerprint density at radius 2 is 1.70 bits per heavy atom. The van der Waals surface area contributed by atoms with E-state index in [0.29, 0.717) is 19.0 Å². The molecule has 0 spiro atoms. The summed E-state index contributed by atoms with van der Waals surface area (Å²) in [4.78, 5) is 26.0. The number of carbonyl (C=O) groups is 2.